The van der Waals surface area contributed by atoms with Crippen LogP contribution in [0.15, 0.2) is 40.9 Å². The third kappa shape index (κ3) is 3.39. The molecule has 20 heavy (non-hydrogen) atoms. The summed E-state index contributed by atoms with van der Waals surface area (Å²) < 4.78 is 6.83. The third-order valence-corrected chi connectivity index (χ3v) is 4.04. The molecule has 0 spiro atoms. The quantitative estimate of drug-likeness (QED) is 0.926. The van der Waals surface area contributed by atoms with Gasteiger partial charge in [0.1, 0.15) is 12.4 Å². The average Bonchev–Trinajstić information content (AvgIpc) is 2.41. The number of amides is 1. The summed E-state index contributed by atoms with van der Waals surface area (Å²) in [5, 5.41) is 0. The van der Waals surface area contributed by atoms with Gasteiger partial charge in [-0.15, -0.1) is 0 Å². The number of benzene rings is 2. The lowest BCUT2D eigenvalue weighted by Crippen LogP contribution is -2.11. The number of ether oxygens (including phenoxy) is 1. The molecule has 3 nitrogen and oxygen atoms in total. The van der Waals surface area contributed by atoms with Crippen LogP contribution in [0.5, 0.6) is 5.75 Å². The Morgan fingerprint density at radius 3 is 2.50 bits per heavy atom. The minimum absolute atomic E-state index is 0.413. The Hall–Kier alpha value is -1.81. The predicted octanol–water partition coefficient (Wildman–Crippen LogP) is 3.74. The number of nitrogens with two attached hydrogens (primary N) is 1. The van der Waals surface area contributed by atoms with Crippen LogP contribution in [0.4, 0.5) is 0 Å². The number of halogens is 1. The van der Waals surface area contributed by atoms with Crippen molar-refractivity contribution in [3.8, 4) is 5.75 Å². The molecule has 0 bridgehead atoms. The Kier molecular flexibility index (Phi) is 4.45. The lowest BCUT2D eigenvalue weighted by Gasteiger charge is -2.10. The van der Waals surface area contributed by atoms with E-state index in [0.29, 0.717) is 12.2 Å². The van der Waals surface area contributed by atoms with Gasteiger partial charge >= 0.3 is 0 Å². The van der Waals surface area contributed by atoms with Crippen LogP contribution < -0.4 is 10.5 Å². The first-order valence-electron chi connectivity index (χ1n) is 6.25. The molecule has 0 unspecified atom stereocenters. The van der Waals surface area contributed by atoms with E-state index in [2.05, 4.69) is 15.9 Å². The first-order valence-corrected chi connectivity index (χ1v) is 7.05. The van der Waals surface area contributed by atoms with Crippen molar-refractivity contribution in [2.24, 2.45) is 5.73 Å². The number of hydrogen-bond donors (Lipinski definition) is 1. The Labute approximate surface area is 126 Å². The zero-order chi connectivity index (χ0) is 14.7. The summed E-state index contributed by atoms with van der Waals surface area (Å²) in [5.74, 6) is 0.410. The first-order chi connectivity index (χ1) is 9.47. The van der Waals surface area contributed by atoms with Crippen LogP contribution in [-0.4, -0.2) is 5.91 Å². The molecule has 0 saturated carbocycles. The Bertz CT molecular complexity index is 653. The van der Waals surface area contributed by atoms with Gasteiger partial charge < -0.3 is 10.5 Å². The Morgan fingerprint density at radius 2 is 1.90 bits per heavy atom. The van der Waals surface area contributed by atoms with Crippen molar-refractivity contribution in [1.29, 1.82) is 0 Å². The molecule has 2 aromatic rings. The number of hydrogen-bond acceptors (Lipinski definition) is 2. The van der Waals surface area contributed by atoms with Gasteiger partial charge in [-0.1, -0.05) is 22.0 Å². The van der Waals surface area contributed by atoms with Gasteiger partial charge in [-0.05, 0) is 60.9 Å². The van der Waals surface area contributed by atoms with E-state index in [-0.39, 0.29) is 0 Å². The average molecular weight is 334 g/mol. The molecular weight excluding hydrogens is 318 g/mol. The van der Waals surface area contributed by atoms with Crippen molar-refractivity contribution in [1.82, 2.24) is 0 Å². The van der Waals surface area contributed by atoms with Gasteiger partial charge in [-0.25, -0.2) is 0 Å². The van der Waals surface area contributed by atoms with Crippen molar-refractivity contribution < 1.29 is 9.53 Å². The lowest BCUT2D eigenvalue weighted by molar-refractivity contribution is 0.1000. The molecule has 0 heterocycles. The van der Waals surface area contributed by atoms with E-state index in [1.807, 2.05) is 38.1 Å². The molecule has 2 rings (SSSR count). The summed E-state index contributed by atoms with van der Waals surface area (Å²) >= 11 is 3.46. The minimum Gasteiger partial charge on any atom is -0.489 e. The van der Waals surface area contributed by atoms with E-state index in [4.69, 9.17) is 10.5 Å². The summed E-state index contributed by atoms with van der Waals surface area (Å²) in [4.78, 5) is 11.1. The van der Waals surface area contributed by atoms with Crippen LogP contribution in [0.25, 0.3) is 0 Å². The zero-order valence-corrected chi connectivity index (χ0v) is 13.0. The van der Waals surface area contributed by atoms with Gasteiger partial charge in [0.2, 0.25) is 5.91 Å². The van der Waals surface area contributed by atoms with E-state index < -0.39 is 5.91 Å². The molecule has 0 radical (unpaired) electrons. The molecule has 0 fully saturated rings. The molecule has 4 heteroatoms. The SMILES string of the molecule is Cc1cc(OCc2ccc(C(N)=O)cc2C)ccc1Br. The Balaban J connectivity index is 2.10. The van der Waals surface area contributed by atoms with Gasteiger partial charge in [0.15, 0.2) is 0 Å². The zero-order valence-electron chi connectivity index (χ0n) is 11.4. The molecule has 0 atom stereocenters. The fourth-order valence-corrected chi connectivity index (χ4v) is 2.13. The van der Waals surface area contributed by atoms with Gasteiger partial charge in [-0.2, -0.15) is 0 Å². The highest BCUT2D eigenvalue weighted by molar-refractivity contribution is 9.10. The van der Waals surface area contributed by atoms with Crippen molar-refractivity contribution in [3.63, 3.8) is 0 Å². The fraction of sp³-hybridized carbons (Fsp3) is 0.188. The maximum Gasteiger partial charge on any atom is 0.248 e. The summed E-state index contributed by atoms with van der Waals surface area (Å²) in [6.07, 6.45) is 0. The summed E-state index contributed by atoms with van der Waals surface area (Å²) in [6, 6.07) is 11.3. The van der Waals surface area contributed by atoms with Crippen molar-refractivity contribution in [2.75, 3.05) is 0 Å². The maximum absolute atomic E-state index is 11.1. The highest BCUT2D eigenvalue weighted by Crippen LogP contribution is 2.22. The van der Waals surface area contributed by atoms with Crippen LogP contribution in [0.2, 0.25) is 0 Å². The number of carbonyl (C=O) groups excluding carboxylic acids is 1. The minimum atomic E-state index is -0.413. The molecule has 0 aromatic heterocycles. The molecule has 0 aliphatic carbocycles. The summed E-state index contributed by atoms with van der Waals surface area (Å²) in [5.41, 5.74) is 8.93. The van der Waals surface area contributed by atoms with Crippen molar-refractivity contribution in [3.05, 3.63) is 63.1 Å². The maximum atomic E-state index is 11.1. The fourth-order valence-electron chi connectivity index (χ4n) is 1.88. The molecule has 0 aliphatic heterocycles. The lowest BCUT2D eigenvalue weighted by atomic mass is 10.1. The second kappa shape index (κ2) is 6.09. The predicted molar refractivity (Wildman–Crippen MR) is 82.9 cm³/mol. The highest BCUT2D eigenvalue weighted by Gasteiger charge is 2.05. The van der Waals surface area contributed by atoms with Crippen LogP contribution in [0, 0.1) is 13.8 Å². The van der Waals surface area contributed by atoms with Crippen LogP contribution in [0.3, 0.4) is 0 Å². The van der Waals surface area contributed by atoms with Gasteiger partial charge in [-0.3, -0.25) is 4.79 Å². The molecule has 1 amide bonds. The second-order valence-corrected chi connectivity index (χ2v) is 5.56. The van der Waals surface area contributed by atoms with Gasteiger partial charge in [0.05, 0.1) is 0 Å². The smallest absolute Gasteiger partial charge is 0.248 e. The summed E-state index contributed by atoms with van der Waals surface area (Å²) in [7, 11) is 0. The number of carbonyl (C=O) groups is 1. The van der Waals surface area contributed by atoms with Gasteiger partial charge in [0.25, 0.3) is 0 Å². The number of rotatable bonds is 4. The highest BCUT2D eigenvalue weighted by atomic mass is 79.9. The molecule has 104 valence electrons. The monoisotopic (exact) mass is 333 g/mol. The number of primary amides is 1. The molecule has 2 N–H and O–H groups in total. The van der Waals surface area contributed by atoms with Crippen molar-refractivity contribution in [2.45, 2.75) is 20.5 Å². The van der Waals surface area contributed by atoms with E-state index in [9.17, 15) is 4.79 Å². The molecular formula is C16H16BrNO2. The van der Waals surface area contributed by atoms with E-state index in [1.165, 1.54) is 0 Å². The summed E-state index contributed by atoms with van der Waals surface area (Å²) in [6.45, 7) is 4.42. The van der Waals surface area contributed by atoms with Crippen LogP contribution in [-0.2, 0) is 6.61 Å². The Morgan fingerprint density at radius 1 is 1.15 bits per heavy atom. The van der Waals surface area contributed by atoms with Gasteiger partial charge in [0, 0.05) is 10.0 Å². The van der Waals surface area contributed by atoms with E-state index in [0.717, 1.165) is 26.9 Å². The second-order valence-electron chi connectivity index (χ2n) is 4.71. The standard InChI is InChI=1S/C16H16BrNO2/c1-10-7-12(16(18)19)3-4-13(10)9-20-14-5-6-15(17)11(2)8-14/h3-8H,9H2,1-2H3,(H2,18,19). The number of aryl methyl sites for hydroxylation is 2. The van der Waals surface area contributed by atoms with E-state index >= 15 is 0 Å². The van der Waals surface area contributed by atoms with Crippen molar-refractivity contribution >= 4 is 21.8 Å². The molecule has 2 aromatic carbocycles. The molecule has 0 aliphatic rings. The van der Waals surface area contributed by atoms with Crippen LogP contribution >= 0.6 is 15.9 Å². The topological polar surface area (TPSA) is 52.3 Å². The largest absolute Gasteiger partial charge is 0.489 e. The normalized spacial score (nSPS) is 10.3. The molecule has 0 saturated heterocycles. The van der Waals surface area contributed by atoms with E-state index in [1.54, 1.807) is 12.1 Å². The first kappa shape index (κ1) is 14.6. The van der Waals surface area contributed by atoms with Crippen LogP contribution in [0.1, 0.15) is 27.0 Å². The third-order valence-electron chi connectivity index (χ3n) is 3.15.